The number of nitriles is 1. The number of nitrogens with one attached hydrogen (secondary N) is 1. The van der Waals surface area contributed by atoms with E-state index in [0.717, 1.165) is 16.6 Å². The van der Waals surface area contributed by atoms with Gasteiger partial charge in [-0.1, -0.05) is 48.5 Å². The highest BCUT2D eigenvalue weighted by molar-refractivity contribution is 6.11. The summed E-state index contributed by atoms with van der Waals surface area (Å²) >= 11 is 0. The van der Waals surface area contributed by atoms with Gasteiger partial charge in [-0.15, -0.1) is 0 Å². The largest absolute Gasteiger partial charge is 0.340 e. The van der Waals surface area contributed by atoms with Crippen LogP contribution >= 0.6 is 0 Å². The van der Waals surface area contributed by atoms with Gasteiger partial charge in [-0.05, 0) is 37.3 Å². The van der Waals surface area contributed by atoms with Crippen LogP contribution in [0.2, 0.25) is 0 Å². The molecule has 3 aromatic carbocycles. The summed E-state index contributed by atoms with van der Waals surface area (Å²) in [6, 6.07) is 21.8. The summed E-state index contributed by atoms with van der Waals surface area (Å²) < 4.78 is 30.1. The van der Waals surface area contributed by atoms with Crippen molar-refractivity contribution >= 4 is 28.6 Å². The summed E-state index contributed by atoms with van der Waals surface area (Å²) in [5.74, 6) is -1.59. The number of hydrogen-bond acceptors (Lipinski definition) is 2. The number of amides is 1. The van der Waals surface area contributed by atoms with Crippen LogP contribution in [0.15, 0.2) is 78.4 Å². The number of hydrogen-bond donors (Lipinski definition) is 1. The molecule has 0 bridgehead atoms. The van der Waals surface area contributed by atoms with Gasteiger partial charge in [-0.3, -0.25) is 4.79 Å². The van der Waals surface area contributed by atoms with Crippen molar-refractivity contribution in [1.29, 1.82) is 5.26 Å². The van der Waals surface area contributed by atoms with Crippen LogP contribution in [-0.4, -0.2) is 10.5 Å². The van der Waals surface area contributed by atoms with Crippen LogP contribution in [0.3, 0.4) is 0 Å². The fourth-order valence-corrected chi connectivity index (χ4v) is 3.69. The lowest BCUT2D eigenvalue weighted by Crippen LogP contribution is -2.14. The molecule has 0 aliphatic carbocycles. The van der Waals surface area contributed by atoms with E-state index in [1.165, 1.54) is 30.3 Å². The van der Waals surface area contributed by atoms with Crippen molar-refractivity contribution in [3.8, 4) is 6.07 Å². The molecular weight excluding hydrogens is 408 g/mol. The van der Waals surface area contributed by atoms with Gasteiger partial charge in [-0.25, -0.2) is 8.78 Å². The van der Waals surface area contributed by atoms with Crippen LogP contribution in [0.25, 0.3) is 17.0 Å². The minimum absolute atomic E-state index is 0.00245. The van der Waals surface area contributed by atoms with Crippen LogP contribution < -0.4 is 5.32 Å². The Morgan fingerprint density at radius 1 is 1.00 bits per heavy atom. The zero-order valence-corrected chi connectivity index (χ0v) is 17.3. The molecular formula is C26H19F2N3O. The first-order valence-electron chi connectivity index (χ1n) is 9.98. The molecule has 0 aliphatic rings. The van der Waals surface area contributed by atoms with Gasteiger partial charge in [0.25, 0.3) is 5.91 Å². The standard InChI is InChI=1S/C26H19F2N3O/c1-17-21(14-19(15-29)26(32)30-24-12-6-5-11-23(24)28)20-9-3-7-13-25(20)31(17)16-18-8-2-4-10-22(18)27/h2-14H,16H2,1H3,(H,30,32)/b19-14+. The van der Waals surface area contributed by atoms with Crippen LogP contribution in [0.5, 0.6) is 0 Å². The Hall–Kier alpha value is -4.24. The monoisotopic (exact) mass is 427 g/mol. The zero-order chi connectivity index (χ0) is 22.7. The highest BCUT2D eigenvalue weighted by Crippen LogP contribution is 2.29. The van der Waals surface area contributed by atoms with Crippen molar-refractivity contribution in [3.63, 3.8) is 0 Å². The van der Waals surface area contributed by atoms with E-state index in [0.29, 0.717) is 17.7 Å². The van der Waals surface area contributed by atoms with E-state index in [1.54, 1.807) is 24.3 Å². The quantitative estimate of drug-likeness (QED) is 0.322. The van der Waals surface area contributed by atoms with Crippen LogP contribution in [0.1, 0.15) is 16.8 Å². The molecule has 0 fully saturated rings. The molecule has 1 aromatic heterocycles. The Morgan fingerprint density at radius 3 is 2.38 bits per heavy atom. The third-order valence-corrected chi connectivity index (χ3v) is 5.34. The summed E-state index contributed by atoms with van der Waals surface area (Å²) in [4.78, 5) is 12.7. The van der Waals surface area contributed by atoms with Gasteiger partial charge in [0.05, 0.1) is 12.2 Å². The number of fused-ring (bicyclic) bond motifs is 1. The fraction of sp³-hybridized carbons (Fsp3) is 0.0769. The van der Waals surface area contributed by atoms with E-state index in [2.05, 4.69) is 5.32 Å². The Balaban J connectivity index is 1.77. The second-order valence-corrected chi connectivity index (χ2v) is 7.30. The molecule has 0 spiro atoms. The predicted molar refractivity (Wildman–Crippen MR) is 121 cm³/mol. The number of rotatable bonds is 5. The zero-order valence-electron chi connectivity index (χ0n) is 17.3. The van der Waals surface area contributed by atoms with Crippen molar-refractivity contribution < 1.29 is 13.6 Å². The number of aromatic nitrogens is 1. The molecule has 1 heterocycles. The number of benzene rings is 3. The maximum Gasteiger partial charge on any atom is 0.266 e. The van der Waals surface area contributed by atoms with Gasteiger partial charge >= 0.3 is 0 Å². The van der Waals surface area contributed by atoms with Crippen LogP contribution in [-0.2, 0) is 11.3 Å². The maximum atomic E-state index is 14.3. The number of carbonyl (C=O) groups excluding carboxylic acids is 1. The normalized spacial score (nSPS) is 11.4. The molecule has 6 heteroatoms. The summed E-state index contributed by atoms with van der Waals surface area (Å²) in [7, 11) is 0. The van der Waals surface area contributed by atoms with E-state index in [1.807, 2.05) is 41.8 Å². The first-order valence-corrected chi connectivity index (χ1v) is 9.98. The number of para-hydroxylation sites is 2. The van der Waals surface area contributed by atoms with Crippen LogP contribution in [0, 0.1) is 29.9 Å². The summed E-state index contributed by atoms with van der Waals surface area (Å²) in [5, 5.41) is 12.9. The van der Waals surface area contributed by atoms with Crippen molar-refractivity contribution in [3.05, 3.63) is 107 Å². The molecule has 0 unspecified atom stereocenters. The molecule has 0 saturated heterocycles. The Labute approximate surface area is 184 Å². The minimum Gasteiger partial charge on any atom is -0.340 e. The SMILES string of the molecule is Cc1c(/C=C(\C#N)C(=O)Nc2ccccc2F)c2ccccc2n1Cc1ccccc1F. The average molecular weight is 427 g/mol. The van der Waals surface area contributed by atoms with Crippen LogP contribution in [0.4, 0.5) is 14.5 Å². The van der Waals surface area contributed by atoms with Gasteiger partial charge in [0.15, 0.2) is 0 Å². The molecule has 32 heavy (non-hydrogen) atoms. The first kappa shape index (κ1) is 21.0. The molecule has 4 nitrogen and oxygen atoms in total. The molecule has 1 N–H and O–H groups in total. The van der Waals surface area contributed by atoms with E-state index < -0.39 is 11.7 Å². The fourth-order valence-electron chi connectivity index (χ4n) is 3.69. The highest BCUT2D eigenvalue weighted by atomic mass is 19.1. The van der Waals surface area contributed by atoms with E-state index in [9.17, 15) is 18.8 Å². The van der Waals surface area contributed by atoms with Crippen molar-refractivity contribution in [2.75, 3.05) is 5.32 Å². The van der Waals surface area contributed by atoms with Gasteiger partial charge in [0.1, 0.15) is 23.3 Å². The van der Waals surface area contributed by atoms with Crippen molar-refractivity contribution in [2.45, 2.75) is 13.5 Å². The molecule has 0 atom stereocenters. The minimum atomic E-state index is -0.706. The van der Waals surface area contributed by atoms with E-state index in [-0.39, 0.29) is 17.1 Å². The summed E-state index contributed by atoms with van der Waals surface area (Å²) in [6.07, 6.45) is 1.49. The van der Waals surface area contributed by atoms with Crippen molar-refractivity contribution in [1.82, 2.24) is 4.57 Å². The molecule has 4 aromatic rings. The lowest BCUT2D eigenvalue weighted by atomic mass is 10.1. The van der Waals surface area contributed by atoms with Gasteiger partial charge in [0, 0.05) is 27.7 Å². The van der Waals surface area contributed by atoms with Crippen molar-refractivity contribution in [2.24, 2.45) is 0 Å². The number of anilines is 1. The topological polar surface area (TPSA) is 57.8 Å². The highest BCUT2D eigenvalue weighted by Gasteiger charge is 2.17. The van der Waals surface area contributed by atoms with Gasteiger partial charge in [-0.2, -0.15) is 5.26 Å². The first-order chi connectivity index (χ1) is 15.5. The Morgan fingerprint density at radius 2 is 1.66 bits per heavy atom. The Bertz CT molecular complexity index is 1400. The van der Waals surface area contributed by atoms with E-state index >= 15 is 0 Å². The average Bonchev–Trinajstić information content (AvgIpc) is 3.06. The maximum absolute atomic E-state index is 14.3. The molecule has 0 radical (unpaired) electrons. The number of nitrogens with zero attached hydrogens (tertiary/aromatic N) is 2. The second kappa shape index (κ2) is 8.86. The smallest absolute Gasteiger partial charge is 0.266 e. The summed E-state index contributed by atoms with van der Waals surface area (Å²) in [6.45, 7) is 2.16. The molecule has 1 amide bonds. The predicted octanol–water partition coefficient (Wildman–Crippen LogP) is 5.82. The molecule has 0 aliphatic heterocycles. The molecule has 0 saturated carbocycles. The third-order valence-electron chi connectivity index (χ3n) is 5.34. The molecule has 158 valence electrons. The third kappa shape index (κ3) is 4.01. The number of halogens is 2. The second-order valence-electron chi connectivity index (χ2n) is 7.30. The number of carbonyl (C=O) groups is 1. The lowest BCUT2D eigenvalue weighted by molar-refractivity contribution is -0.112. The van der Waals surface area contributed by atoms with Gasteiger partial charge < -0.3 is 9.88 Å². The summed E-state index contributed by atoms with van der Waals surface area (Å²) in [5.41, 5.74) is 2.68. The Kier molecular flexibility index (Phi) is 5.82. The molecule has 4 rings (SSSR count). The van der Waals surface area contributed by atoms with E-state index in [4.69, 9.17) is 0 Å². The van der Waals surface area contributed by atoms with Gasteiger partial charge in [0.2, 0.25) is 0 Å². The lowest BCUT2D eigenvalue weighted by Gasteiger charge is -2.09.